The maximum absolute atomic E-state index is 14.2. The Morgan fingerprint density at radius 1 is 1.03 bits per heavy atom. The Labute approximate surface area is 188 Å². The van der Waals surface area contributed by atoms with Gasteiger partial charge in [0.25, 0.3) is 0 Å². The van der Waals surface area contributed by atoms with E-state index in [0.717, 1.165) is 29.0 Å². The summed E-state index contributed by atoms with van der Waals surface area (Å²) in [6.07, 6.45) is 1.13. The predicted molar refractivity (Wildman–Crippen MR) is 119 cm³/mol. The second kappa shape index (κ2) is 6.94. The van der Waals surface area contributed by atoms with Gasteiger partial charge in [-0.3, -0.25) is 0 Å². The van der Waals surface area contributed by atoms with Crippen LogP contribution >= 0.6 is 11.6 Å². The third-order valence-corrected chi connectivity index (χ3v) is 6.23. The van der Waals surface area contributed by atoms with Crippen LogP contribution in [-0.2, 0) is 0 Å². The monoisotopic (exact) mass is 457 g/mol. The van der Waals surface area contributed by atoms with Crippen molar-refractivity contribution in [2.24, 2.45) is 0 Å². The van der Waals surface area contributed by atoms with E-state index in [9.17, 15) is 18.3 Å². The molecule has 2 N–H and O–H groups in total. The number of allylic oxidation sites excluding steroid dienone is 1. The van der Waals surface area contributed by atoms with Crippen molar-refractivity contribution < 1.29 is 23.0 Å². The summed E-state index contributed by atoms with van der Waals surface area (Å²) in [7, 11) is 0. The highest BCUT2D eigenvalue weighted by molar-refractivity contribution is 6.35. The summed E-state index contributed by atoms with van der Waals surface area (Å²) >= 11 is 6.44. The van der Waals surface area contributed by atoms with Crippen LogP contribution in [0.25, 0.3) is 16.7 Å². The number of anilines is 1. The first-order chi connectivity index (χ1) is 15.1. The number of nitrogens with one attached hydrogen (secondary N) is 1. The highest BCUT2D eigenvalue weighted by atomic mass is 35.5. The molecule has 2 aliphatic rings. The zero-order valence-electron chi connectivity index (χ0n) is 17.5. The molecule has 0 fully saturated rings. The minimum atomic E-state index is -1.53. The number of phenolic OH excluding ortho intramolecular Hbond substituents is 1. The van der Waals surface area contributed by atoms with Crippen molar-refractivity contribution >= 4 is 22.9 Å². The van der Waals surface area contributed by atoms with Crippen LogP contribution in [0.5, 0.6) is 11.5 Å². The quantitative estimate of drug-likeness (QED) is 0.379. The van der Waals surface area contributed by atoms with Crippen molar-refractivity contribution in [3.05, 3.63) is 81.6 Å². The summed E-state index contributed by atoms with van der Waals surface area (Å²) in [4.78, 5) is 0. The van der Waals surface area contributed by atoms with E-state index in [2.05, 4.69) is 11.4 Å². The number of hydrogen-bond donors (Lipinski definition) is 2. The molecular weight excluding hydrogens is 439 g/mol. The van der Waals surface area contributed by atoms with Gasteiger partial charge < -0.3 is 15.2 Å². The van der Waals surface area contributed by atoms with Gasteiger partial charge in [-0.15, -0.1) is 0 Å². The lowest BCUT2D eigenvalue weighted by Crippen LogP contribution is -2.32. The topological polar surface area (TPSA) is 41.5 Å². The summed E-state index contributed by atoms with van der Waals surface area (Å²) in [5, 5.41) is 13.8. The molecule has 0 radical (unpaired) electrons. The first-order valence-electron chi connectivity index (χ1n) is 10.1. The summed E-state index contributed by atoms with van der Waals surface area (Å²) in [6.45, 7) is 6.01. The second-order valence-electron chi connectivity index (χ2n) is 8.69. The Balaban J connectivity index is 1.85. The molecule has 2 heterocycles. The maximum Gasteiger partial charge on any atom is 0.194 e. The van der Waals surface area contributed by atoms with Crippen LogP contribution in [0.3, 0.4) is 0 Å². The fraction of sp³-hybridized carbons (Fsp3) is 0.200. The molecule has 32 heavy (non-hydrogen) atoms. The molecule has 0 spiro atoms. The number of phenols is 1. The number of rotatable bonds is 1. The number of halogens is 4. The van der Waals surface area contributed by atoms with Gasteiger partial charge in [-0.05, 0) is 62.2 Å². The normalized spacial score (nSPS) is 18.0. The van der Waals surface area contributed by atoms with E-state index >= 15 is 0 Å². The van der Waals surface area contributed by atoms with Gasteiger partial charge in [0.1, 0.15) is 11.5 Å². The molecule has 0 saturated heterocycles. The van der Waals surface area contributed by atoms with Gasteiger partial charge in [0.05, 0.1) is 10.6 Å². The molecule has 1 atom stereocenters. The fourth-order valence-electron chi connectivity index (χ4n) is 4.68. The number of fused-ring (bicyclic) bond motifs is 5. The highest BCUT2D eigenvalue weighted by Gasteiger charge is 2.36. The highest BCUT2D eigenvalue weighted by Crippen LogP contribution is 2.54. The van der Waals surface area contributed by atoms with Gasteiger partial charge >= 0.3 is 0 Å². The summed E-state index contributed by atoms with van der Waals surface area (Å²) in [5.41, 5.74) is 4.17. The summed E-state index contributed by atoms with van der Waals surface area (Å²) in [5.74, 6) is -3.89. The molecular formula is C25H19ClF3NO2. The average molecular weight is 458 g/mol. The van der Waals surface area contributed by atoms with Crippen molar-refractivity contribution in [3.8, 4) is 22.6 Å². The SMILES string of the molecule is CC1=CC(C)(C)Nc2ccc3c(c21)C(c1cc(F)c(F)c(F)c1)Oc1ccc(O)c(Cl)c1-3. The van der Waals surface area contributed by atoms with Crippen LogP contribution in [0.4, 0.5) is 18.9 Å². The molecule has 7 heteroatoms. The van der Waals surface area contributed by atoms with Crippen molar-refractivity contribution in [3.63, 3.8) is 0 Å². The van der Waals surface area contributed by atoms with Gasteiger partial charge in [-0.25, -0.2) is 13.2 Å². The Morgan fingerprint density at radius 2 is 1.72 bits per heavy atom. The minimum Gasteiger partial charge on any atom is -0.506 e. The van der Waals surface area contributed by atoms with E-state index in [4.69, 9.17) is 16.3 Å². The molecule has 0 saturated carbocycles. The van der Waals surface area contributed by atoms with E-state index in [-0.39, 0.29) is 21.9 Å². The maximum atomic E-state index is 14.2. The van der Waals surface area contributed by atoms with E-state index in [1.807, 2.05) is 32.9 Å². The van der Waals surface area contributed by atoms with Gasteiger partial charge in [-0.1, -0.05) is 23.7 Å². The van der Waals surface area contributed by atoms with Crippen LogP contribution in [0, 0.1) is 17.5 Å². The summed E-state index contributed by atoms with van der Waals surface area (Å²) < 4.78 is 48.2. The average Bonchev–Trinajstić information content (AvgIpc) is 2.72. The Morgan fingerprint density at radius 3 is 2.41 bits per heavy atom. The van der Waals surface area contributed by atoms with Gasteiger partial charge in [-0.2, -0.15) is 0 Å². The second-order valence-corrected chi connectivity index (χ2v) is 9.07. The predicted octanol–water partition coefficient (Wildman–Crippen LogP) is 7.22. The zero-order valence-corrected chi connectivity index (χ0v) is 18.2. The van der Waals surface area contributed by atoms with Gasteiger partial charge in [0, 0.05) is 27.9 Å². The van der Waals surface area contributed by atoms with Crippen LogP contribution in [0.15, 0.2) is 42.5 Å². The lowest BCUT2D eigenvalue weighted by molar-refractivity contribution is 0.241. The zero-order chi connectivity index (χ0) is 22.9. The van der Waals surface area contributed by atoms with E-state index < -0.39 is 23.6 Å². The molecule has 5 rings (SSSR count). The van der Waals surface area contributed by atoms with Crippen LogP contribution < -0.4 is 10.1 Å². The van der Waals surface area contributed by atoms with Crippen LogP contribution in [-0.4, -0.2) is 10.6 Å². The smallest absolute Gasteiger partial charge is 0.194 e. The van der Waals surface area contributed by atoms with E-state index in [0.29, 0.717) is 22.4 Å². The number of aromatic hydroxyl groups is 1. The van der Waals surface area contributed by atoms with Crippen molar-refractivity contribution in [1.82, 2.24) is 0 Å². The Kier molecular flexibility index (Phi) is 4.50. The molecule has 3 aromatic rings. The molecule has 3 aromatic carbocycles. The summed E-state index contributed by atoms with van der Waals surface area (Å²) in [6, 6.07) is 8.57. The first-order valence-corrected chi connectivity index (χ1v) is 10.4. The lowest BCUT2D eigenvalue weighted by Gasteiger charge is -2.37. The van der Waals surface area contributed by atoms with Gasteiger partial charge in [0.15, 0.2) is 23.6 Å². The first kappa shape index (κ1) is 20.8. The molecule has 3 nitrogen and oxygen atoms in total. The van der Waals surface area contributed by atoms with Crippen molar-refractivity contribution in [2.75, 3.05) is 5.32 Å². The third kappa shape index (κ3) is 3.05. The molecule has 0 aliphatic carbocycles. The van der Waals surface area contributed by atoms with Crippen LogP contribution in [0.1, 0.15) is 43.6 Å². The standard InChI is InChI=1S/C25H19ClF3NO2/c1-11-10-25(2,3)30-16-5-4-13-20-18(7-6-17(31)22(20)26)32-24(21(13)19(11)16)12-8-14(27)23(29)15(28)9-12/h4-10,24,30-31H,1-3H3. The molecule has 1 unspecified atom stereocenters. The molecule has 2 aliphatic heterocycles. The van der Waals surface area contributed by atoms with Crippen molar-refractivity contribution in [1.29, 1.82) is 0 Å². The molecule has 164 valence electrons. The largest absolute Gasteiger partial charge is 0.506 e. The number of benzene rings is 3. The molecule has 0 bridgehead atoms. The molecule has 0 amide bonds. The van der Waals surface area contributed by atoms with Gasteiger partial charge in [0.2, 0.25) is 0 Å². The Bertz CT molecular complexity index is 1310. The third-order valence-electron chi connectivity index (χ3n) is 5.84. The number of hydrogen-bond acceptors (Lipinski definition) is 3. The van der Waals surface area contributed by atoms with E-state index in [1.54, 1.807) is 6.07 Å². The Hall–Kier alpha value is -3.12. The minimum absolute atomic E-state index is 0.110. The molecule has 0 aromatic heterocycles. The van der Waals surface area contributed by atoms with Crippen LogP contribution in [0.2, 0.25) is 5.02 Å². The number of ether oxygens (including phenoxy) is 1. The van der Waals surface area contributed by atoms with E-state index in [1.165, 1.54) is 6.07 Å². The lowest BCUT2D eigenvalue weighted by atomic mass is 9.80. The fourth-order valence-corrected chi connectivity index (χ4v) is 4.94. The van der Waals surface area contributed by atoms with Crippen molar-refractivity contribution in [2.45, 2.75) is 32.4 Å².